The van der Waals surface area contributed by atoms with Gasteiger partial charge in [-0.1, -0.05) is 63.4 Å². The normalized spacial score (nSPS) is 13.1. The Balaban J connectivity index is 2.83. The van der Waals surface area contributed by atoms with Crippen LogP contribution in [-0.2, 0) is 16.1 Å². The Morgan fingerprint density at radius 1 is 1.12 bits per heavy atom. The van der Waals surface area contributed by atoms with Crippen molar-refractivity contribution in [2.75, 3.05) is 6.54 Å². The summed E-state index contributed by atoms with van der Waals surface area (Å²) >= 11 is 0. The molecule has 0 spiro atoms. The number of hydrogen-bond acceptors (Lipinski definition) is 3. The third-order valence-corrected chi connectivity index (χ3v) is 4.20. The average Bonchev–Trinajstić information content (AvgIpc) is 2.58. The lowest BCUT2D eigenvalue weighted by atomic mass is 9.92. The Kier molecular flexibility index (Phi) is 8.30. The van der Waals surface area contributed by atoms with Gasteiger partial charge in [0.05, 0.1) is 0 Å². The molecule has 134 valence electrons. The fourth-order valence-electron chi connectivity index (χ4n) is 2.64. The number of nitrogens with zero attached hydrogens (tertiary/aromatic N) is 1. The molecule has 0 bridgehead atoms. The second-order valence-electron chi connectivity index (χ2n) is 6.23. The van der Waals surface area contributed by atoms with Gasteiger partial charge < -0.3 is 9.84 Å². The fraction of sp³-hybridized carbons (Fsp3) is 0.579. The van der Waals surface area contributed by atoms with E-state index < -0.39 is 17.6 Å². The van der Waals surface area contributed by atoms with Crippen molar-refractivity contribution >= 4 is 12.1 Å². The Bertz CT molecular complexity index is 517. The zero-order valence-corrected chi connectivity index (χ0v) is 15.0. The Labute approximate surface area is 144 Å². The molecule has 0 aliphatic rings. The lowest BCUT2D eigenvalue weighted by molar-refractivity contribution is -0.150. The summed E-state index contributed by atoms with van der Waals surface area (Å²) in [6, 6.07) is 9.38. The first-order chi connectivity index (χ1) is 11.5. The van der Waals surface area contributed by atoms with Gasteiger partial charge in [-0.3, -0.25) is 4.90 Å². The second-order valence-corrected chi connectivity index (χ2v) is 6.23. The molecule has 1 unspecified atom stereocenters. The number of hydrogen-bond donors (Lipinski definition) is 1. The highest BCUT2D eigenvalue weighted by atomic mass is 16.6. The van der Waals surface area contributed by atoms with E-state index in [1.165, 1.54) is 4.90 Å². The van der Waals surface area contributed by atoms with Crippen molar-refractivity contribution < 1.29 is 19.4 Å². The van der Waals surface area contributed by atoms with Gasteiger partial charge in [-0.05, 0) is 25.3 Å². The smallest absolute Gasteiger partial charge is 0.411 e. The van der Waals surface area contributed by atoms with Gasteiger partial charge >= 0.3 is 12.1 Å². The second kappa shape index (κ2) is 9.96. The van der Waals surface area contributed by atoms with Crippen LogP contribution in [0.5, 0.6) is 0 Å². The van der Waals surface area contributed by atoms with Crippen molar-refractivity contribution in [3.63, 3.8) is 0 Å². The SMILES string of the molecule is CCCCCC(C)(C(=O)O)N(CCC)C(=O)OCc1ccccc1. The Morgan fingerprint density at radius 2 is 1.79 bits per heavy atom. The van der Waals surface area contributed by atoms with Gasteiger partial charge in [-0.15, -0.1) is 0 Å². The molecule has 1 N–H and O–H groups in total. The lowest BCUT2D eigenvalue weighted by Gasteiger charge is -2.37. The van der Waals surface area contributed by atoms with E-state index in [1.54, 1.807) is 6.92 Å². The van der Waals surface area contributed by atoms with Crippen LogP contribution in [0.15, 0.2) is 30.3 Å². The zero-order valence-electron chi connectivity index (χ0n) is 15.0. The monoisotopic (exact) mass is 335 g/mol. The molecular formula is C19H29NO4. The van der Waals surface area contributed by atoms with Crippen LogP contribution in [-0.4, -0.2) is 34.2 Å². The van der Waals surface area contributed by atoms with Gasteiger partial charge in [0.1, 0.15) is 12.1 Å². The van der Waals surface area contributed by atoms with Crippen molar-refractivity contribution in [3.8, 4) is 0 Å². The van der Waals surface area contributed by atoms with Gasteiger partial charge in [0, 0.05) is 6.54 Å². The lowest BCUT2D eigenvalue weighted by Crippen LogP contribution is -2.55. The number of rotatable bonds is 10. The van der Waals surface area contributed by atoms with E-state index in [-0.39, 0.29) is 6.61 Å². The summed E-state index contributed by atoms with van der Waals surface area (Å²) in [5.41, 5.74) is -0.357. The fourth-order valence-corrected chi connectivity index (χ4v) is 2.64. The van der Waals surface area contributed by atoms with Crippen molar-refractivity contribution in [2.45, 2.75) is 65.0 Å². The number of benzene rings is 1. The van der Waals surface area contributed by atoms with Gasteiger partial charge in [-0.2, -0.15) is 0 Å². The third-order valence-electron chi connectivity index (χ3n) is 4.20. The molecule has 0 saturated carbocycles. The minimum absolute atomic E-state index is 0.143. The highest BCUT2D eigenvalue weighted by molar-refractivity contribution is 5.84. The molecule has 0 aliphatic heterocycles. The number of carboxylic acid groups (broad SMARTS) is 1. The van der Waals surface area contributed by atoms with Crippen LogP contribution in [0.2, 0.25) is 0 Å². The minimum atomic E-state index is -1.24. The molecule has 24 heavy (non-hydrogen) atoms. The summed E-state index contributed by atoms with van der Waals surface area (Å²) in [5.74, 6) is -0.983. The molecule has 0 aliphatic carbocycles. The number of ether oxygens (including phenoxy) is 1. The van der Waals surface area contributed by atoms with E-state index in [1.807, 2.05) is 37.3 Å². The maximum Gasteiger partial charge on any atom is 0.411 e. The Morgan fingerprint density at radius 3 is 2.33 bits per heavy atom. The van der Waals surface area contributed by atoms with Crippen LogP contribution >= 0.6 is 0 Å². The van der Waals surface area contributed by atoms with E-state index >= 15 is 0 Å². The topological polar surface area (TPSA) is 66.8 Å². The number of carbonyl (C=O) groups excluding carboxylic acids is 1. The summed E-state index contributed by atoms with van der Waals surface area (Å²) < 4.78 is 5.37. The number of amides is 1. The number of carboxylic acids is 1. The highest BCUT2D eigenvalue weighted by Gasteiger charge is 2.42. The Hall–Kier alpha value is -2.04. The van der Waals surface area contributed by atoms with E-state index in [2.05, 4.69) is 6.92 Å². The summed E-state index contributed by atoms with van der Waals surface area (Å²) in [6.45, 7) is 6.11. The largest absolute Gasteiger partial charge is 0.480 e. The molecule has 0 heterocycles. The maximum absolute atomic E-state index is 12.5. The average molecular weight is 335 g/mol. The summed E-state index contributed by atoms with van der Waals surface area (Å²) in [4.78, 5) is 25.8. The van der Waals surface area contributed by atoms with Gasteiger partial charge in [-0.25, -0.2) is 9.59 Å². The van der Waals surface area contributed by atoms with E-state index in [4.69, 9.17) is 4.74 Å². The van der Waals surface area contributed by atoms with Crippen molar-refractivity contribution in [2.24, 2.45) is 0 Å². The predicted octanol–water partition coefficient (Wildman–Crippen LogP) is 4.46. The van der Waals surface area contributed by atoms with Crippen molar-refractivity contribution in [1.82, 2.24) is 4.90 Å². The molecule has 1 aromatic carbocycles. The summed E-state index contributed by atoms with van der Waals surface area (Å²) in [5, 5.41) is 9.71. The molecule has 5 nitrogen and oxygen atoms in total. The van der Waals surface area contributed by atoms with E-state index in [0.29, 0.717) is 19.4 Å². The molecule has 1 atom stereocenters. The zero-order chi connectivity index (χ0) is 18.0. The molecule has 1 aromatic rings. The van der Waals surface area contributed by atoms with Crippen LogP contribution in [0.3, 0.4) is 0 Å². The molecule has 0 aromatic heterocycles. The summed E-state index contributed by atoms with van der Waals surface area (Å²) in [7, 11) is 0. The van der Waals surface area contributed by atoms with Gasteiger partial charge in [0.2, 0.25) is 0 Å². The highest BCUT2D eigenvalue weighted by Crippen LogP contribution is 2.25. The standard InChI is InChI=1S/C19H29NO4/c1-4-6-10-13-19(3,17(21)22)20(14-5-2)18(23)24-15-16-11-8-7-9-12-16/h7-9,11-12H,4-6,10,13-15H2,1-3H3,(H,21,22). The third kappa shape index (κ3) is 5.55. The van der Waals surface area contributed by atoms with Crippen LogP contribution < -0.4 is 0 Å². The van der Waals surface area contributed by atoms with Crippen LogP contribution in [0.1, 0.15) is 58.4 Å². The molecule has 1 amide bonds. The van der Waals surface area contributed by atoms with Crippen LogP contribution in [0.4, 0.5) is 4.79 Å². The minimum Gasteiger partial charge on any atom is -0.480 e. The van der Waals surface area contributed by atoms with E-state index in [9.17, 15) is 14.7 Å². The molecule has 5 heteroatoms. The van der Waals surface area contributed by atoms with Gasteiger partial charge in [0.15, 0.2) is 0 Å². The quantitative estimate of drug-likeness (QED) is 0.641. The van der Waals surface area contributed by atoms with Crippen LogP contribution in [0.25, 0.3) is 0 Å². The number of carbonyl (C=O) groups is 2. The first-order valence-electron chi connectivity index (χ1n) is 8.67. The predicted molar refractivity (Wildman–Crippen MR) is 93.8 cm³/mol. The summed E-state index contributed by atoms with van der Waals surface area (Å²) in [6.07, 6.45) is 3.25. The first-order valence-corrected chi connectivity index (χ1v) is 8.67. The molecule has 0 fully saturated rings. The van der Waals surface area contributed by atoms with Crippen molar-refractivity contribution in [1.29, 1.82) is 0 Å². The first kappa shape index (κ1) is 20.0. The van der Waals surface area contributed by atoms with Crippen LogP contribution in [0, 0.1) is 0 Å². The number of unbranched alkanes of at least 4 members (excludes halogenated alkanes) is 2. The maximum atomic E-state index is 12.5. The molecule has 0 radical (unpaired) electrons. The molecule has 1 rings (SSSR count). The molecular weight excluding hydrogens is 306 g/mol. The number of aliphatic carboxylic acids is 1. The van der Waals surface area contributed by atoms with Gasteiger partial charge in [0.25, 0.3) is 0 Å². The van der Waals surface area contributed by atoms with E-state index in [0.717, 1.165) is 24.8 Å². The molecule has 0 saturated heterocycles. The van der Waals surface area contributed by atoms with Crippen molar-refractivity contribution in [3.05, 3.63) is 35.9 Å².